The van der Waals surface area contributed by atoms with Gasteiger partial charge in [-0.15, -0.1) is 0 Å². The summed E-state index contributed by atoms with van der Waals surface area (Å²) in [5, 5.41) is 6.07. The molecule has 1 unspecified atom stereocenters. The number of hydrogen-bond acceptors (Lipinski definition) is 6. The molecule has 1 atom stereocenters. The number of rotatable bonds is 3. The fourth-order valence-electron chi connectivity index (χ4n) is 1.77. The average Bonchev–Trinajstić information content (AvgIpc) is 2.31. The van der Waals surface area contributed by atoms with Crippen LogP contribution in [-0.4, -0.2) is 28.5 Å². The molecule has 7 nitrogen and oxygen atoms in total. The van der Waals surface area contributed by atoms with Crippen molar-refractivity contribution < 1.29 is 4.79 Å². The van der Waals surface area contributed by atoms with E-state index < -0.39 is 0 Å². The zero-order valence-corrected chi connectivity index (χ0v) is 9.66. The monoisotopic (exact) mass is 236 g/mol. The summed E-state index contributed by atoms with van der Waals surface area (Å²) in [4.78, 5) is 19.3. The molecule has 2 rings (SSSR count). The van der Waals surface area contributed by atoms with Gasteiger partial charge in [-0.25, -0.2) is 10.8 Å². The summed E-state index contributed by atoms with van der Waals surface area (Å²) in [7, 11) is 0. The van der Waals surface area contributed by atoms with Crippen LogP contribution in [0.5, 0.6) is 0 Å². The van der Waals surface area contributed by atoms with Crippen molar-refractivity contribution in [1.29, 1.82) is 0 Å². The van der Waals surface area contributed by atoms with Crippen LogP contribution in [0.4, 0.5) is 11.8 Å². The van der Waals surface area contributed by atoms with Crippen molar-refractivity contribution in [2.45, 2.75) is 25.8 Å². The number of carbonyl (C=O) groups excluding carboxylic acids is 1. The molecular formula is C10H16N6O. The molecule has 5 N–H and O–H groups in total. The summed E-state index contributed by atoms with van der Waals surface area (Å²) in [6.07, 6.45) is 1.35. The summed E-state index contributed by atoms with van der Waals surface area (Å²) in [5.74, 6) is 6.48. The number of carbonyl (C=O) groups is 1. The predicted octanol–water partition coefficient (Wildman–Crippen LogP) is -0.239. The summed E-state index contributed by atoms with van der Waals surface area (Å²) < 4.78 is 0. The number of amides is 1. The molecule has 92 valence electrons. The van der Waals surface area contributed by atoms with Crippen molar-refractivity contribution in [3.8, 4) is 0 Å². The standard InChI is InChI=1S/C10H16N6O/c1-6-4-8(15-10(13-6)16-11)14-7-2-3-9(17)12-5-7/h4,7H,2-3,5,11H2,1H3,(H,12,17)(H2,13,14,15,16). The van der Waals surface area contributed by atoms with E-state index >= 15 is 0 Å². The fraction of sp³-hybridized carbons (Fsp3) is 0.500. The second-order valence-electron chi connectivity index (χ2n) is 4.05. The topological polar surface area (TPSA) is 105 Å². The molecule has 7 heteroatoms. The maximum absolute atomic E-state index is 11.0. The Hall–Kier alpha value is -1.89. The van der Waals surface area contributed by atoms with Crippen LogP contribution in [0.2, 0.25) is 0 Å². The number of hydrogen-bond donors (Lipinski definition) is 4. The third-order valence-corrected chi connectivity index (χ3v) is 2.60. The third kappa shape index (κ3) is 3.04. The van der Waals surface area contributed by atoms with Crippen LogP contribution in [0.1, 0.15) is 18.5 Å². The zero-order valence-electron chi connectivity index (χ0n) is 9.66. The predicted molar refractivity (Wildman–Crippen MR) is 64.2 cm³/mol. The van der Waals surface area contributed by atoms with E-state index in [0.717, 1.165) is 12.1 Å². The van der Waals surface area contributed by atoms with Gasteiger partial charge >= 0.3 is 0 Å². The van der Waals surface area contributed by atoms with Crippen LogP contribution in [-0.2, 0) is 4.79 Å². The molecule has 0 saturated carbocycles. The molecule has 1 fully saturated rings. The van der Waals surface area contributed by atoms with Crippen molar-refractivity contribution in [2.24, 2.45) is 5.84 Å². The molecular weight excluding hydrogens is 220 g/mol. The van der Waals surface area contributed by atoms with Crippen molar-refractivity contribution in [2.75, 3.05) is 17.3 Å². The Bertz CT molecular complexity index is 411. The van der Waals surface area contributed by atoms with Gasteiger partial charge in [0.1, 0.15) is 5.82 Å². The molecule has 0 spiro atoms. The number of nitrogens with one attached hydrogen (secondary N) is 3. The first-order valence-electron chi connectivity index (χ1n) is 5.53. The third-order valence-electron chi connectivity index (χ3n) is 2.60. The fourth-order valence-corrected chi connectivity index (χ4v) is 1.77. The minimum Gasteiger partial charge on any atom is -0.365 e. The smallest absolute Gasteiger partial charge is 0.239 e. The second kappa shape index (κ2) is 4.96. The Labute approximate surface area is 99.2 Å². The summed E-state index contributed by atoms with van der Waals surface area (Å²) in [6.45, 7) is 2.49. The number of aryl methyl sites for hydroxylation is 1. The molecule has 0 radical (unpaired) electrons. The van der Waals surface area contributed by atoms with E-state index in [1.165, 1.54) is 0 Å². The first-order chi connectivity index (χ1) is 8.17. The van der Waals surface area contributed by atoms with Gasteiger partial charge in [-0.2, -0.15) is 4.98 Å². The number of aromatic nitrogens is 2. The lowest BCUT2D eigenvalue weighted by molar-refractivity contribution is -0.122. The number of nitrogens with two attached hydrogens (primary N) is 1. The SMILES string of the molecule is Cc1cc(NC2CCC(=O)NC2)nc(NN)n1. The maximum atomic E-state index is 11.0. The van der Waals surface area contributed by atoms with Gasteiger partial charge in [-0.1, -0.05) is 0 Å². The Balaban J connectivity index is 2.02. The zero-order chi connectivity index (χ0) is 12.3. The molecule has 1 aliphatic heterocycles. The second-order valence-corrected chi connectivity index (χ2v) is 4.05. The van der Waals surface area contributed by atoms with E-state index in [9.17, 15) is 4.79 Å². The molecule has 17 heavy (non-hydrogen) atoms. The van der Waals surface area contributed by atoms with Crippen LogP contribution in [0.3, 0.4) is 0 Å². The highest BCUT2D eigenvalue weighted by Crippen LogP contribution is 2.13. The van der Waals surface area contributed by atoms with E-state index in [0.29, 0.717) is 24.7 Å². The lowest BCUT2D eigenvalue weighted by Gasteiger charge is -2.24. The molecule has 1 amide bonds. The molecule has 0 aliphatic carbocycles. The van der Waals surface area contributed by atoms with Crippen LogP contribution >= 0.6 is 0 Å². The highest BCUT2D eigenvalue weighted by Gasteiger charge is 2.18. The molecule has 0 aromatic carbocycles. The van der Waals surface area contributed by atoms with Crippen LogP contribution < -0.4 is 21.9 Å². The molecule has 2 heterocycles. The van der Waals surface area contributed by atoms with Crippen molar-refractivity contribution in [1.82, 2.24) is 15.3 Å². The average molecular weight is 236 g/mol. The highest BCUT2D eigenvalue weighted by atomic mass is 16.1. The van der Waals surface area contributed by atoms with Crippen molar-refractivity contribution in [3.05, 3.63) is 11.8 Å². The number of nitrogens with zero attached hydrogens (tertiary/aromatic N) is 2. The van der Waals surface area contributed by atoms with Crippen LogP contribution in [0.25, 0.3) is 0 Å². The number of piperidine rings is 1. The van der Waals surface area contributed by atoms with Crippen molar-refractivity contribution >= 4 is 17.7 Å². The first kappa shape index (κ1) is 11.6. The highest BCUT2D eigenvalue weighted by molar-refractivity contribution is 5.77. The Morgan fingerprint density at radius 2 is 2.35 bits per heavy atom. The molecule has 1 aliphatic rings. The number of nitrogen functional groups attached to an aromatic ring is 1. The van der Waals surface area contributed by atoms with Gasteiger partial charge in [-0.05, 0) is 13.3 Å². The van der Waals surface area contributed by atoms with Crippen LogP contribution in [0, 0.1) is 6.92 Å². The van der Waals surface area contributed by atoms with Gasteiger partial charge < -0.3 is 10.6 Å². The summed E-state index contributed by atoms with van der Waals surface area (Å²) >= 11 is 0. The minimum atomic E-state index is 0.103. The quantitative estimate of drug-likeness (QED) is 0.426. The van der Waals surface area contributed by atoms with E-state index in [2.05, 4.69) is 26.0 Å². The summed E-state index contributed by atoms with van der Waals surface area (Å²) in [5.41, 5.74) is 3.25. The number of hydrazine groups is 1. The Morgan fingerprint density at radius 3 is 3.00 bits per heavy atom. The van der Waals surface area contributed by atoms with E-state index in [1.807, 2.05) is 13.0 Å². The van der Waals surface area contributed by atoms with Gasteiger partial charge in [0.2, 0.25) is 11.9 Å². The molecule has 1 aromatic rings. The number of anilines is 2. The Morgan fingerprint density at radius 1 is 1.53 bits per heavy atom. The largest absolute Gasteiger partial charge is 0.365 e. The molecule has 1 saturated heterocycles. The van der Waals surface area contributed by atoms with Crippen LogP contribution in [0.15, 0.2) is 6.07 Å². The normalized spacial score (nSPS) is 19.6. The van der Waals surface area contributed by atoms with Gasteiger partial charge in [0.25, 0.3) is 0 Å². The maximum Gasteiger partial charge on any atom is 0.239 e. The van der Waals surface area contributed by atoms with E-state index in [-0.39, 0.29) is 11.9 Å². The Kier molecular flexibility index (Phi) is 3.38. The van der Waals surface area contributed by atoms with Gasteiger partial charge in [-0.3, -0.25) is 10.2 Å². The molecule has 0 bridgehead atoms. The van der Waals surface area contributed by atoms with Gasteiger partial charge in [0, 0.05) is 30.8 Å². The van der Waals surface area contributed by atoms with E-state index in [1.54, 1.807) is 0 Å². The van der Waals surface area contributed by atoms with Gasteiger partial charge in [0.05, 0.1) is 0 Å². The molecule has 1 aromatic heterocycles. The van der Waals surface area contributed by atoms with Gasteiger partial charge in [0.15, 0.2) is 0 Å². The van der Waals surface area contributed by atoms with Crippen molar-refractivity contribution in [3.63, 3.8) is 0 Å². The van der Waals surface area contributed by atoms with E-state index in [4.69, 9.17) is 5.84 Å². The first-order valence-corrected chi connectivity index (χ1v) is 5.53. The lowest BCUT2D eigenvalue weighted by atomic mass is 10.1. The minimum absolute atomic E-state index is 0.103. The lowest BCUT2D eigenvalue weighted by Crippen LogP contribution is -2.42. The summed E-state index contributed by atoms with van der Waals surface area (Å²) in [6, 6.07) is 2.05.